The van der Waals surface area contributed by atoms with E-state index in [1.807, 2.05) is 37.3 Å². The number of carbonyl (C=O) groups excluding carboxylic acids is 1. The molecule has 1 aliphatic rings. The average molecular weight is 376 g/mol. The number of hydrogen-bond acceptors (Lipinski definition) is 2. The fraction of sp³-hybridized carbons (Fsp3) is 0.0870. The molecule has 3 nitrogen and oxygen atoms in total. The van der Waals surface area contributed by atoms with Gasteiger partial charge in [-0.1, -0.05) is 29.8 Å². The highest BCUT2D eigenvalue weighted by molar-refractivity contribution is 6.11. The van der Waals surface area contributed by atoms with Crippen LogP contribution >= 0.6 is 0 Å². The second-order valence-electron chi connectivity index (χ2n) is 6.72. The quantitative estimate of drug-likeness (QED) is 0.665. The third kappa shape index (κ3) is 3.51. The number of benzene rings is 3. The van der Waals surface area contributed by atoms with Gasteiger partial charge in [-0.05, 0) is 67.1 Å². The van der Waals surface area contributed by atoms with E-state index in [0.717, 1.165) is 11.1 Å². The minimum atomic E-state index is -0.361. The van der Waals surface area contributed by atoms with Crippen molar-refractivity contribution in [1.29, 1.82) is 0 Å². The van der Waals surface area contributed by atoms with Crippen LogP contribution in [0.2, 0.25) is 0 Å². The van der Waals surface area contributed by atoms with Crippen LogP contribution < -0.4 is 10.2 Å². The van der Waals surface area contributed by atoms with Crippen molar-refractivity contribution in [3.63, 3.8) is 0 Å². The molecule has 1 heterocycles. The molecule has 0 fully saturated rings. The summed E-state index contributed by atoms with van der Waals surface area (Å²) in [6.45, 7) is 2.00. The van der Waals surface area contributed by atoms with E-state index in [0.29, 0.717) is 17.1 Å². The van der Waals surface area contributed by atoms with Crippen LogP contribution in [0.5, 0.6) is 0 Å². The van der Waals surface area contributed by atoms with Crippen molar-refractivity contribution in [2.75, 3.05) is 10.2 Å². The Hall–Kier alpha value is -3.47. The van der Waals surface area contributed by atoms with Gasteiger partial charge < -0.3 is 5.32 Å². The van der Waals surface area contributed by atoms with Crippen LogP contribution in [0, 0.1) is 18.6 Å². The van der Waals surface area contributed by atoms with E-state index in [2.05, 4.69) is 5.32 Å². The molecule has 5 heteroatoms. The number of rotatable bonds is 4. The molecule has 0 saturated carbocycles. The SMILES string of the molecule is Cc1ccc([C@@H]2C=C(Nc3ccc(F)cc3)C(=O)N2c2ccc(F)cc2)cc1. The summed E-state index contributed by atoms with van der Waals surface area (Å²) >= 11 is 0. The lowest BCUT2D eigenvalue weighted by Gasteiger charge is -2.25. The van der Waals surface area contributed by atoms with Crippen molar-refractivity contribution < 1.29 is 13.6 Å². The maximum absolute atomic E-state index is 13.4. The van der Waals surface area contributed by atoms with Crippen molar-refractivity contribution in [3.05, 3.63) is 107 Å². The highest BCUT2D eigenvalue weighted by atomic mass is 19.1. The molecular formula is C23H18F2N2O. The fourth-order valence-electron chi connectivity index (χ4n) is 3.23. The maximum Gasteiger partial charge on any atom is 0.275 e. The van der Waals surface area contributed by atoms with Crippen LogP contribution in [0.1, 0.15) is 17.2 Å². The zero-order valence-corrected chi connectivity index (χ0v) is 15.2. The highest BCUT2D eigenvalue weighted by Gasteiger charge is 2.34. The van der Waals surface area contributed by atoms with Crippen LogP contribution in [0.3, 0.4) is 0 Å². The third-order valence-electron chi connectivity index (χ3n) is 4.70. The summed E-state index contributed by atoms with van der Waals surface area (Å²) in [5.74, 6) is -0.941. The summed E-state index contributed by atoms with van der Waals surface area (Å²) in [5, 5.41) is 3.07. The molecule has 3 aromatic carbocycles. The largest absolute Gasteiger partial charge is 0.351 e. The zero-order valence-electron chi connectivity index (χ0n) is 15.2. The predicted molar refractivity (Wildman–Crippen MR) is 106 cm³/mol. The van der Waals surface area contributed by atoms with Gasteiger partial charge >= 0.3 is 0 Å². The van der Waals surface area contributed by atoms with E-state index < -0.39 is 0 Å². The number of nitrogens with one attached hydrogen (secondary N) is 1. The Labute approximate surface area is 161 Å². The van der Waals surface area contributed by atoms with Gasteiger partial charge in [0.15, 0.2) is 0 Å². The van der Waals surface area contributed by atoms with Gasteiger partial charge in [0.05, 0.1) is 6.04 Å². The van der Waals surface area contributed by atoms with Crippen molar-refractivity contribution in [2.45, 2.75) is 13.0 Å². The molecule has 0 bridgehead atoms. The van der Waals surface area contributed by atoms with Gasteiger partial charge in [0.2, 0.25) is 0 Å². The van der Waals surface area contributed by atoms with E-state index in [1.165, 1.54) is 24.3 Å². The number of anilines is 2. The van der Waals surface area contributed by atoms with E-state index in [4.69, 9.17) is 0 Å². The van der Waals surface area contributed by atoms with Crippen LogP contribution in [0.15, 0.2) is 84.6 Å². The van der Waals surface area contributed by atoms with E-state index >= 15 is 0 Å². The molecule has 3 aromatic rings. The lowest BCUT2D eigenvalue weighted by atomic mass is 10.0. The first-order chi connectivity index (χ1) is 13.5. The smallest absolute Gasteiger partial charge is 0.275 e. The minimum absolute atomic E-state index is 0.235. The Morgan fingerprint density at radius 3 is 2.00 bits per heavy atom. The van der Waals surface area contributed by atoms with E-state index in [-0.39, 0.29) is 23.6 Å². The first kappa shape index (κ1) is 17.9. The van der Waals surface area contributed by atoms with Crippen LogP contribution in [0.4, 0.5) is 20.2 Å². The molecule has 1 atom stereocenters. The van der Waals surface area contributed by atoms with Gasteiger partial charge in [0.25, 0.3) is 5.91 Å². The summed E-state index contributed by atoms with van der Waals surface area (Å²) in [5.41, 5.74) is 3.67. The molecule has 0 aromatic heterocycles. The van der Waals surface area contributed by atoms with Crippen molar-refractivity contribution in [3.8, 4) is 0 Å². The third-order valence-corrected chi connectivity index (χ3v) is 4.70. The number of aryl methyl sites for hydroxylation is 1. The van der Waals surface area contributed by atoms with Crippen LogP contribution in [0.25, 0.3) is 0 Å². The van der Waals surface area contributed by atoms with Crippen molar-refractivity contribution >= 4 is 17.3 Å². The molecule has 4 rings (SSSR count). The first-order valence-corrected chi connectivity index (χ1v) is 8.91. The van der Waals surface area contributed by atoms with Gasteiger partial charge in [-0.2, -0.15) is 0 Å². The molecule has 1 amide bonds. The van der Waals surface area contributed by atoms with Gasteiger partial charge in [0.1, 0.15) is 17.3 Å². The Kier molecular flexibility index (Phi) is 4.65. The molecule has 28 heavy (non-hydrogen) atoms. The van der Waals surface area contributed by atoms with Crippen LogP contribution in [-0.2, 0) is 4.79 Å². The second-order valence-corrected chi connectivity index (χ2v) is 6.72. The summed E-state index contributed by atoms with van der Waals surface area (Å²) in [7, 11) is 0. The van der Waals surface area contributed by atoms with Crippen LogP contribution in [-0.4, -0.2) is 5.91 Å². The first-order valence-electron chi connectivity index (χ1n) is 8.91. The lowest BCUT2D eigenvalue weighted by molar-refractivity contribution is -0.114. The number of nitrogens with zero attached hydrogens (tertiary/aromatic N) is 1. The molecule has 0 spiro atoms. The molecule has 0 radical (unpaired) electrons. The summed E-state index contributed by atoms with van der Waals surface area (Å²) in [6, 6.07) is 19.2. The van der Waals surface area contributed by atoms with E-state index in [1.54, 1.807) is 29.2 Å². The Balaban J connectivity index is 1.72. The zero-order chi connectivity index (χ0) is 19.7. The topological polar surface area (TPSA) is 32.3 Å². The Morgan fingerprint density at radius 2 is 1.39 bits per heavy atom. The van der Waals surface area contributed by atoms with E-state index in [9.17, 15) is 13.6 Å². The summed E-state index contributed by atoms with van der Waals surface area (Å²) in [4.78, 5) is 14.8. The fourth-order valence-corrected chi connectivity index (χ4v) is 3.23. The molecule has 140 valence electrons. The molecule has 1 N–H and O–H groups in total. The Bertz CT molecular complexity index is 1030. The molecule has 0 aliphatic carbocycles. The molecule has 0 unspecified atom stereocenters. The van der Waals surface area contributed by atoms with Gasteiger partial charge in [0, 0.05) is 11.4 Å². The number of halogens is 2. The summed E-state index contributed by atoms with van der Waals surface area (Å²) < 4.78 is 26.5. The van der Waals surface area contributed by atoms with Gasteiger partial charge in [-0.3, -0.25) is 9.69 Å². The molecular weight excluding hydrogens is 358 g/mol. The second kappa shape index (κ2) is 7.27. The number of carbonyl (C=O) groups is 1. The lowest BCUT2D eigenvalue weighted by Crippen LogP contribution is -2.30. The Morgan fingerprint density at radius 1 is 0.821 bits per heavy atom. The predicted octanol–water partition coefficient (Wildman–Crippen LogP) is 5.36. The van der Waals surface area contributed by atoms with Crippen molar-refractivity contribution in [2.24, 2.45) is 0 Å². The molecule has 0 saturated heterocycles. The van der Waals surface area contributed by atoms with Gasteiger partial charge in [-0.15, -0.1) is 0 Å². The molecule has 1 aliphatic heterocycles. The minimum Gasteiger partial charge on any atom is -0.351 e. The normalized spacial score (nSPS) is 16.2. The number of hydrogen-bond donors (Lipinski definition) is 1. The van der Waals surface area contributed by atoms with Gasteiger partial charge in [-0.25, -0.2) is 8.78 Å². The average Bonchev–Trinajstić information content (AvgIpc) is 3.01. The summed E-state index contributed by atoms with van der Waals surface area (Å²) in [6.07, 6.45) is 1.83. The maximum atomic E-state index is 13.4. The highest BCUT2D eigenvalue weighted by Crippen LogP contribution is 2.36. The monoisotopic (exact) mass is 376 g/mol. The van der Waals surface area contributed by atoms with Crippen molar-refractivity contribution in [1.82, 2.24) is 0 Å². The standard InChI is InChI=1S/C23H18F2N2O/c1-15-2-4-16(5-3-15)22-14-21(26-19-10-6-17(24)7-11-19)23(28)27(22)20-12-8-18(25)9-13-20/h2-14,22,26H,1H3/t22-/m0/s1. The number of amides is 1.